The SMILES string of the molecule is CCOC(=O)C(C)(C)[C@H](O)/C=C/[C@@H](C)[C@H]1CC[C@H]2/C(=C/C=C3C[C@@H](O)C[C@H](O)C3)CCC[C@]12C. The Hall–Kier alpha value is -1.43. The van der Waals surface area contributed by atoms with Crippen molar-refractivity contribution in [3.8, 4) is 0 Å². The molecule has 0 heterocycles. The fraction of sp³-hybridized carbons (Fsp3) is 0.759. The third-order valence-electron chi connectivity index (χ3n) is 8.88. The summed E-state index contributed by atoms with van der Waals surface area (Å²) in [5.74, 6) is 1.02. The van der Waals surface area contributed by atoms with Gasteiger partial charge in [-0.15, -0.1) is 0 Å². The Labute approximate surface area is 206 Å². The summed E-state index contributed by atoms with van der Waals surface area (Å²) in [6.07, 6.45) is 14.3. The molecule has 3 N–H and O–H groups in total. The quantitative estimate of drug-likeness (QED) is 0.353. The fourth-order valence-corrected chi connectivity index (χ4v) is 6.77. The first-order chi connectivity index (χ1) is 16.0. The zero-order valence-electron chi connectivity index (χ0n) is 21.8. The van der Waals surface area contributed by atoms with Crippen LogP contribution in [0, 0.1) is 28.6 Å². The van der Waals surface area contributed by atoms with E-state index in [9.17, 15) is 20.1 Å². The van der Waals surface area contributed by atoms with E-state index in [-0.39, 0.29) is 11.4 Å². The fourth-order valence-electron chi connectivity index (χ4n) is 6.77. The maximum atomic E-state index is 12.2. The van der Waals surface area contributed by atoms with E-state index in [4.69, 9.17) is 4.74 Å². The lowest BCUT2D eigenvalue weighted by Gasteiger charge is -2.44. The van der Waals surface area contributed by atoms with E-state index in [1.165, 1.54) is 24.8 Å². The molecule has 0 unspecified atom stereocenters. The van der Waals surface area contributed by atoms with Crippen molar-refractivity contribution in [2.24, 2.45) is 28.6 Å². The number of hydrogen-bond donors (Lipinski definition) is 3. The number of allylic oxidation sites excluding steroid dienone is 4. The van der Waals surface area contributed by atoms with Crippen LogP contribution in [0.3, 0.4) is 0 Å². The molecule has 7 atom stereocenters. The van der Waals surface area contributed by atoms with Gasteiger partial charge in [-0.25, -0.2) is 0 Å². The molecule has 3 aliphatic carbocycles. The highest BCUT2D eigenvalue weighted by Crippen LogP contribution is 2.59. The van der Waals surface area contributed by atoms with Crippen LogP contribution in [0.5, 0.6) is 0 Å². The van der Waals surface area contributed by atoms with Gasteiger partial charge in [0.2, 0.25) is 0 Å². The van der Waals surface area contributed by atoms with Crippen molar-refractivity contribution in [3.05, 3.63) is 35.5 Å². The van der Waals surface area contributed by atoms with Crippen molar-refractivity contribution in [1.29, 1.82) is 0 Å². The maximum Gasteiger partial charge on any atom is 0.314 e. The van der Waals surface area contributed by atoms with Crippen molar-refractivity contribution >= 4 is 5.97 Å². The molecule has 3 rings (SSSR count). The van der Waals surface area contributed by atoms with E-state index < -0.39 is 23.7 Å². The highest BCUT2D eigenvalue weighted by Gasteiger charge is 2.50. The molecule has 0 aliphatic heterocycles. The van der Waals surface area contributed by atoms with Gasteiger partial charge in [-0.3, -0.25) is 4.79 Å². The standard InChI is InChI=1S/C29H46O5/c1-6-34-27(33)28(3,4)26(32)14-9-19(2)24-12-13-25-21(8-7-15-29(24,25)5)11-10-20-16-22(30)18-23(31)17-20/h9-11,14,19,22-26,30-32H,6-8,12-13,15-18H2,1-5H3/b14-9+,21-11+/t19-,22-,23-,24-,25+,26-,29-/m1/s1. The minimum absolute atomic E-state index is 0.222. The topological polar surface area (TPSA) is 87.0 Å². The first-order valence-corrected chi connectivity index (χ1v) is 13.3. The zero-order chi connectivity index (χ0) is 25.1. The largest absolute Gasteiger partial charge is 0.465 e. The molecule has 5 nitrogen and oxygen atoms in total. The normalized spacial score (nSPS) is 35.3. The van der Waals surface area contributed by atoms with Crippen molar-refractivity contribution in [2.45, 2.75) is 104 Å². The lowest BCUT2D eigenvalue weighted by Crippen LogP contribution is -2.38. The smallest absolute Gasteiger partial charge is 0.314 e. The monoisotopic (exact) mass is 474 g/mol. The van der Waals surface area contributed by atoms with Crippen molar-refractivity contribution in [3.63, 3.8) is 0 Å². The first kappa shape index (κ1) is 27.2. The molecule has 3 saturated carbocycles. The van der Waals surface area contributed by atoms with E-state index in [1.807, 2.05) is 0 Å². The van der Waals surface area contributed by atoms with Crippen molar-refractivity contribution < 1.29 is 24.9 Å². The molecular formula is C29H46O5. The summed E-state index contributed by atoms with van der Waals surface area (Å²) < 4.78 is 5.14. The number of carbonyl (C=O) groups excluding carboxylic acids is 1. The lowest BCUT2D eigenvalue weighted by molar-refractivity contribution is -0.158. The predicted molar refractivity (Wildman–Crippen MR) is 135 cm³/mol. The Balaban J connectivity index is 1.70. The molecule has 0 spiro atoms. The average molecular weight is 475 g/mol. The molecule has 3 fully saturated rings. The van der Waals surface area contributed by atoms with E-state index in [0.717, 1.165) is 18.4 Å². The predicted octanol–water partition coefficient (Wildman–Crippen LogP) is 5.10. The third-order valence-corrected chi connectivity index (χ3v) is 8.88. The van der Waals surface area contributed by atoms with Gasteiger partial charge < -0.3 is 20.1 Å². The Morgan fingerprint density at radius 1 is 1.18 bits per heavy atom. The average Bonchev–Trinajstić information content (AvgIpc) is 3.12. The van der Waals surface area contributed by atoms with E-state index in [1.54, 1.807) is 26.8 Å². The maximum absolute atomic E-state index is 12.2. The van der Waals surface area contributed by atoms with Crippen LogP contribution in [-0.4, -0.2) is 46.2 Å². The zero-order valence-corrected chi connectivity index (χ0v) is 21.8. The first-order valence-electron chi connectivity index (χ1n) is 13.3. The Morgan fingerprint density at radius 3 is 2.50 bits per heavy atom. The molecule has 0 aromatic rings. The van der Waals surface area contributed by atoms with Gasteiger partial charge in [0, 0.05) is 0 Å². The number of hydrogen-bond acceptors (Lipinski definition) is 5. The van der Waals surface area contributed by atoms with Crippen LogP contribution in [0.1, 0.15) is 86.0 Å². The number of aliphatic hydroxyl groups is 3. The van der Waals surface area contributed by atoms with Gasteiger partial charge in [0.15, 0.2) is 0 Å². The molecule has 0 aromatic heterocycles. The van der Waals surface area contributed by atoms with Crippen molar-refractivity contribution in [2.75, 3.05) is 6.61 Å². The second-order valence-corrected chi connectivity index (χ2v) is 11.7. The summed E-state index contributed by atoms with van der Waals surface area (Å²) in [5.41, 5.74) is 1.91. The molecule has 0 amide bonds. The number of rotatable bonds is 7. The third kappa shape index (κ3) is 5.85. The number of fused-ring (bicyclic) bond motifs is 1. The molecule has 0 aromatic carbocycles. The molecule has 0 radical (unpaired) electrons. The summed E-state index contributed by atoms with van der Waals surface area (Å²) in [6, 6.07) is 0. The van der Waals surface area contributed by atoms with E-state index in [0.29, 0.717) is 43.6 Å². The van der Waals surface area contributed by atoms with Crippen LogP contribution < -0.4 is 0 Å². The van der Waals surface area contributed by atoms with Gasteiger partial charge in [-0.1, -0.05) is 49.3 Å². The lowest BCUT2D eigenvalue weighted by atomic mass is 9.61. The van der Waals surface area contributed by atoms with Gasteiger partial charge in [0.25, 0.3) is 0 Å². The second-order valence-electron chi connectivity index (χ2n) is 11.7. The highest BCUT2D eigenvalue weighted by molar-refractivity contribution is 5.77. The van der Waals surface area contributed by atoms with E-state index >= 15 is 0 Å². The molecule has 3 aliphatic rings. The number of aliphatic hydroxyl groups excluding tert-OH is 3. The summed E-state index contributed by atoms with van der Waals surface area (Å²) in [4.78, 5) is 12.2. The summed E-state index contributed by atoms with van der Waals surface area (Å²) in [6.45, 7) is 10.2. The Bertz CT molecular complexity index is 797. The summed E-state index contributed by atoms with van der Waals surface area (Å²) >= 11 is 0. The highest BCUT2D eigenvalue weighted by atomic mass is 16.5. The molecule has 0 bridgehead atoms. The van der Waals surface area contributed by atoms with Crippen LogP contribution >= 0.6 is 0 Å². The summed E-state index contributed by atoms with van der Waals surface area (Å²) in [5, 5.41) is 30.7. The Morgan fingerprint density at radius 2 is 1.85 bits per heavy atom. The van der Waals surface area contributed by atoms with Gasteiger partial charge in [0.1, 0.15) is 0 Å². The van der Waals surface area contributed by atoms with Gasteiger partial charge in [-0.05, 0) is 95.3 Å². The molecule has 5 heteroatoms. The number of carbonyl (C=O) groups is 1. The second kappa shape index (κ2) is 11.1. The van der Waals surface area contributed by atoms with Crippen LogP contribution in [0.15, 0.2) is 35.5 Å². The Kier molecular flexibility index (Phi) is 8.86. The van der Waals surface area contributed by atoms with E-state index in [2.05, 4.69) is 32.1 Å². The van der Waals surface area contributed by atoms with Gasteiger partial charge in [-0.2, -0.15) is 0 Å². The minimum atomic E-state index is -0.969. The molecular weight excluding hydrogens is 428 g/mol. The van der Waals surface area contributed by atoms with Gasteiger partial charge in [0.05, 0.1) is 30.3 Å². The molecule has 0 saturated heterocycles. The van der Waals surface area contributed by atoms with Crippen LogP contribution in [0.2, 0.25) is 0 Å². The van der Waals surface area contributed by atoms with Crippen LogP contribution in [0.25, 0.3) is 0 Å². The summed E-state index contributed by atoms with van der Waals surface area (Å²) in [7, 11) is 0. The van der Waals surface area contributed by atoms with Crippen molar-refractivity contribution in [1.82, 2.24) is 0 Å². The minimum Gasteiger partial charge on any atom is -0.465 e. The van der Waals surface area contributed by atoms with Crippen LogP contribution in [0.4, 0.5) is 0 Å². The molecule has 34 heavy (non-hydrogen) atoms. The number of esters is 1. The number of ether oxygens (including phenoxy) is 1. The van der Waals surface area contributed by atoms with Crippen LogP contribution in [-0.2, 0) is 9.53 Å². The van der Waals surface area contributed by atoms with Gasteiger partial charge >= 0.3 is 5.97 Å². The molecule has 192 valence electrons.